The molecule has 1 aliphatic rings. The molecule has 1 saturated heterocycles. The Morgan fingerprint density at radius 2 is 1.89 bits per heavy atom. The molecule has 3 N–H and O–H groups in total. The van der Waals surface area contributed by atoms with Crippen LogP contribution in [0.3, 0.4) is 0 Å². The Balaban J connectivity index is 1.93. The minimum Gasteiger partial charge on any atom is -0.493 e. The van der Waals surface area contributed by atoms with Crippen LogP contribution >= 0.6 is 0 Å². The number of urea groups is 1. The Bertz CT molecular complexity index is 616. The molecular formula is C20H34N4O4. The van der Waals surface area contributed by atoms with Gasteiger partial charge in [-0.05, 0) is 30.8 Å². The van der Waals surface area contributed by atoms with E-state index in [0.717, 1.165) is 38.3 Å². The number of piperazine rings is 1. The lowest BCUT2D eigenvalue weighted by molar-refractivity contribution is 0.0705. The highest BCUT2D eigenvalue weighted by atomic mass is 16.5. The molecule has 158 valence electrons. The molecule has 8 nitrogen and oxygen atoms in total. The maximum absolute atomic E-state index is 11.2. The minimum atomic E-state index is -0.560. The standard InChI is InChI=1S/C20H34N4O4/c1-4-22(5-2)14-17(25)15-28-19-12-16(6-7-18(19)27-3)13-23-8-10-24(11-9-23)20(21)26/h6-7,12,17,25H,4-5,8-11,13-15H2,1-3H3,(H2,21,26)/t17-/m0/s1. The van der Waals surface area contributed by atoms with Gasteiger partial charge < -0.3 is 30.1 Å². The van der Waals surface area contributed by atoms with Crippen LogP contribution in [0.5, 0.6) is 11.5 Å². The molecule has 0 spiro atoms. The summed E-state index contributed by atoms with van der Waals surface area (Å²) in [5.74, 6) is 1.28. The molecule has 1 aromatic carbocycles. The molecule has 8 heteroatoms. The SMILES string of the molecule is CCN(CC)C[C@H](O)COc1cc(CN2CCN(C(N)=O)CC2)ccc1OC. The van der Waals surface area contributed by atoms with Crippen molar-refractivity contribution in [3.63, 3.8) is 0 Å². The number of aliphatic hydroxyl groups excluding tert-OH is 1. The first kappa shape index (κ1) is 22.3. The van der Waals surface area contributed by atoms with Crippen molar-refractivity contribution in [1.29, 1.82) is 0 Å². The number of hydrogen-bond acceptors (Lipinski definition) is 6. The molecule has 1 fully saturated rings. The summed E-state index contributed by atoms with van der Waals surface area (Å²) in [6.45, 7) is 10.4. The van der Waals surface area contributed by atoms with Crippen molar-refractivity contribution in [2.75, 3.05) is 59.5 Å². The summed E-state index contributed by atoms with van der Waals surface area (Å²) in [7, 11) is 1.61. The molecule has 0 saturated carbocycles. The van der Waals surface area contributed by atoms with E-state index in [1.165, 1.54) is 0 Å². The van der Waals surface area contributed by atoms with E-state index in [2.05, 4.69) is 23.6 Å². The van der Waals surface area contributed by atoms with Crippen molar-refractivity contribution < 1.29 is 19.4 Å². The van der Waals surface area contributed by atoms with Gasteiger partial charge in [0.15, 0.2) is 11.5 Å². The first-order chi connectivity index (χ1) is 13.5. The van der Waals surface area contributed by atoms with E-state index < -0.39 is 6.10 Å². The third-order valence-electron chi connectivity index (χ3n) is 5.11. The Morgan fingerprint density at radius 1 is 1.21 bits per heavy atom. The Morgan fingerprint density at radius 3 is 2.46 bits per heavy atom. The average molecular weight is 395 g/mol. The molecule has 1 heterocycles. The molecule has 2 amide bonds. The summed E-state index contributed by atoms with van der Waals surface area (Å²) in [4.78, 5) is 17.3. The molecule has 0 aromatic heterocycles. The highest BCUT2D eigenvalue weighted by molar-refractivity contribution is 5.72. The van der Waals surface area contributed by atoms with Crippen molar-refractivity contribution in [1.82, 2.24) is 14.7 Å². The minimum absolute atomic E-state index is 0.216. The van der Waals surface area contributed by atoms with E-state index in [4.69, 9.17) is 15.2 Å². The van der Waals surface area contributed by atoms with Crippen molar-refractivity contribution >= 4 is 6.03 Å². The van der Waals surface area contributed by atoms with Crippen LogP contribution in [0, 0.1) is 0 Å². The first-order valence-corrected chi connectivity index (χ1v) is 9.93. The lowest BCUT2D eigenvalue weighted by Gasteiger charge is -2.33. The number of amides is 2. The number of carbonyl (C=O) groups is 1. The van der Waals surface area contributed by atoms with E-state index in [-0.39, 0.29) is 12.6 Å². The second kappa shape index (κ2) is 11.1. The number of likely N-dealkylation sites (N-methyl/N-ethyl adjacent to an activating group) is 1. The molecule has 1 aliphatic heterocycles. The largest absolute Gasteiger partial charge is 0.493 e. The number of methoxy groups -OCH3 is 1. The van der Waals surface area contributed by atoms with E-state index in [1.54, 1.807) is 12.0 Å². The van der Waals surface area contributed by atoms with Crippen LogP contribution in [-0.2, 0) is 6.54 Å². The normalized spacial score (nSPS) is 16.2. The fraction of sp³-hybridized carbons (Fsp3) is 0.650. The van der Waals surface area contributed by atoms with Gasteiger partial charge in [0.2, 0.25) is 0 Å². The summed E-state index contributed by atoms with van der Waals surface area (Å²) >= 11 is 0. The number of hydrogen-bond donors (Lipinski definition) is 2. The number of rotatable bonds is 10. The van der Waals surface area contributed by atoms with Crippen LogP contribution in [0.4, 0.5) is 4.79 Å². The fourth-order valence-electron chi connectivity index (χ4n) is 3.34. The first-order valence-electron chi connectivity index (χ1n) is 9.93. The Kier molecular flexibility index (Phi) is 8.82. The van der Waals surface area contributed by atoms with Gasteiger partial charge in [-0.15, -0.1) is 0 Å². The highest BCUT2D eigenvalue weighted by Gasteiger charge is 2.20. The Hall–Kier alpha value is -2.03. The van der Waals surface area contributed by atoms with E-state index in [1.807, 2.05) is 18.2 Å². The van der Waals surface area contributed by atoms with Gasteiger partial charge >= 0.3 is 6.03 Å². The zero-order valence-electron chi connectivity index (χ0n) is 17.3. The summed E-state index contributed by atoms with van der Waals surface area (Å²) in [5.41, 5.74) is 6.44. The van der Waals surface area contributed by atoms with Gasteiger partial charge in [0.25, 0.3) is 0 Å². The molecule has 0 unspecified atom stereocenters. The number of carbonyl (C=O) groups excluding carboxylic acids is 1. The number of aliphatic hydroxyl groups is 1. The topological polar surface area (TPSA) is 91.5 Å². The predicted octanol–water partition coefficient (Wildman–Crippen LogP) is 0.973. The molecule has 0 aliphatic carbocycles. The average Bonchev–Trinajstić information content (AvgIpc) is 2.71. The van der Waals surface area contributed by atoms with Gasteiger partial charge in [0.05, 0.1) is 7.11 Å². The zero-order chi connectivity index (χ0) is 20.5. The number of nitrogens with two attached hydrogens (primary N) is 1. The second-order valence-electron chi connectivity index (χ2n) is 7.04. The summed E-state index contributed by atoms with van der Waals surface area (Å²) in [5, 5.41) is 10.2. The quantitative estimate of drug-likeness (QED) is 0.615. The van der Waals surface area contributed by atoms with Crippen molar-refractivity contribution in [2.45, 2.75) is 26.5 Å². The lowest BCUT2D eigenvalue weighted by Crippen LogP contribution is -2.50. The molecule has 28 heavy (non-hydrogen) atoms. The number of primary amides is 1. The van der Waals surface area contributed by atoms with E-state index >= 15 is 0 Å². The third-order valence-corrected chi connectivity index (χ3v) is 5.11. The highest BCUT2D eigenvalue weighted by Crippen LogP contribution is 2.29. The zero-order valence-corrected chi connectivity index (χ0v) is 17.3. The molecule has 0 bridgehead atoms. The van der Waals surface area contributed by atoms with Crippen LogP contribution in [0.1, 0.15) is 19.4 Å². The van der Waals surface area contributed by atoms with Gasteiger partial charge in [-0.25, -0.2) is 4.79 Å². The molecular weight excluding hydrogens is 360 g/mol. The van der Waals surface area contributed by atoms with Crippen molar-refractivity contribution in [2.24, 2.45) is 5.73 Å². The van der Waals surface area contributed by atoms with Gasteiger partial charge in [-0.3, -0.25) is 4.90 Å². The molecule has 0 radical (unpaired) electrons. The predicted molar refractivity (Wildman–Crippen MR) is 109 cm³/mol. The number of benzene rings is 1. The monoisotopic (exact) mass is 394 g/mol. The van der Waals surface area contributed by atoms with Gasteiger partial charge in [-0.2, -0.15) is 0 Å². The van der Waals surface area contributed by atoms with Crippen LogP contribution in [-0.4, -0.2) is 91.5 Å². The van der Waals surface area contributed by atoms with Crippen LogP contribution in [0.15, 0.2) is 18.2 Å². The maximum atomic E-state index is 11.2. The van der Waals surface area contributed by atoms with Crippen LogP contribution in [0.25, 0.3) is 0 Å². The van der Waals surface area contributed by atoms with E-state index in [9.17, 15) is 9.90 Å². The van der Waals surface area contributed by atoms with Gasteiger partial charge in [0.1, 0.15) is 12.7 Å². The molecule has 1 atom stereocenters. The van der Waals surface area contributed by atoms with E-state index in [0.29, 0.717) is 31.1 Å². The van der Waals surface area contributed by atoms with Crippen LogP contribution in [0.2, 0.25) is 0 Å². The number of nitrogens with zero attached hydrogens (tertiary/aromatic N) is 3. The van der Waals surface area contributed by atoms with Gasteiger partial charge in [0, 0.05) is 39.3 Å². The summed E-state index contributed by atoms with van der Waals surface area (Å²) < 4.78 is 11.3. The lowest BCUT2D eigenvalue weighted by atomic mass is 10.1. The smallest absolute Gasteiger partial charge is 0.314 e. The number of ether oxygens (including phenoxy) is 2. The Labute approximate surface area is 167 Å². The third kappa shape index (κ3) is 6.54. The molecule has 1 aromatic rings. The van der Waals surface area contributed by atoms with Gasteiger partial charge in [-0.1, -0.05) is 19.9 Å². The van der Waals surface area contributed by atoms with Crippen molar-refractivity contribution in [3.8, 4) is 11.5 Å². The summed E-state index contributed by atoms with van der Waals surface area (Å²) in [6, 6.07) is 5.51. The van der Waals surface area contributed by atoms with Crippen LogP contribution < -0.4 is 15.2 Å². The second-order valence-corrected chi connectivity index (χ2v) is 7.04. The maximum Gasteiger partial charge on any atom is 0.314 e. The van der Waals surface area contributed by atoms with Crippen molar-refractivity contribution in [3.05, 3.63) is 23.8 Å². The molecule has 2 rings (SSSR count). The fourth-order valence-corrected chi connectivity index (χ4v) is 3.34. The summed E-state index contributed by atoms with van der Waals surface area (Å²) in [6.07, 6.45) is -0.560.